The molecule has 1 aromatic carbocycles. The van der Waals surface area contributed by atoms with Gasteiger partial charge in [-0.15, -0.1) is 0 Å². The molecule has 4 nitrogen and oxygen atoms in total. The maximum atomic E-state index is 10.8. The number of nitrogens with one attached hydrogen (secondary N) is 1. The van der Waals surface area contributed by atoms with Crippen LogP contribution in [0.15, 0.2) is 16.7 Å². The van der Waals surface area contributed by atoms with E-state index in [1.165, 1.54) is 5.56 Å². The lowest BCUT2D eigenvalue weighted by molar-refractivity contribution is -0.136. The summed E-state index contributed by atoms with van der Waals surface area (Å²) in [6.07, 6.45) is -0.0719. The van der Waals surface area contributed by atoms with Crippen molar-refractivity contribution in [2.75, 3.05) is 0 Å². The highest BCUT2D eigenvalue weighted by molar-refractivity contribution is 9.10. The van der Waals surface area contributed by atoms with E-state index in [1.54, 1.807) is 0 Å². The first-order valence-corrected chi connectivity index (χ1v) is 6.72. The van der Waals surface area contributed by atoms with Gasteiger partial charge in [-0.05, 0) is 47.8 Å². The number of hydrogen-bond donors (Lipinski definition) is 2. The average Bonchev–Trinajstić information content (AvgIpc) is 2.57. The van der Waals surface area contributed by atoms with Crippen molar-refractivity contribution >= 4 is 21.9 Å². The Kier molecular flexibility index (Phi) is 3.75. The molecule has 1 heterocycles. The third kappa shape index (κ3) is 2.87. The van der Waals surface area contributed by atoms with E-state index in [0.29, 0.717) is 16.1 Å². The number of aromatic nitrogens is 2. The van der Waals surface area contributed by atoms with Crippen molar-refractivity contribution in [3.8, 4) is 11.4 Å². The van der Waals surface area contributed by atoms with Crippen LogP contribution in [-0.4, -0.2) is 21.0 Å². The number of rotatable bonds is 3. The summed E-state index contributed by atoms with van der Waals surface area (Å²) in [6, 6.07) is 4.19. The van der Waals surface area contributed by atoms with Crippen molar-refractivity contribution in [1.82, 2.24) is 9.97 Å². The van der Waals surface area contributed by atoms with E-state index in [-0.39, 0.29) is 6.42 Å². The highest BCUT2D eigenvalue weighted by atomic mass is 79.9. The van der Waals surface area contributed by atoms with E-state index in [0.717, 1.165) is 16.7 Å². The fourth-order valence-corrected chi connectivity index (χ4v) is 2.75. The summed E-state index contributed by atoms with van der Waals surface area (Å²) < 4.78 is 0.560. The second kappa shape index (κ2) is 5.17. The molecule has 0 unspecified atom stereocenters. The third-order valence-electron chi connectivity index (χ3n) is 2.97. The first-order chi connectivity index (χ1) is 8.88. The summed E-state index contributed by atoms with van der Waals surface area (Å²) in [5.41, 5.74) is 5.07. The highest BCUT2D eigenvalue weighted by Gasteiger charge is 2.15. The Labute approximate surface area is 120 Å². The molecule has 0 radical (unpaired) electrons. The number of aryl methyl sites for hydroxylation is 3. The van der Waals surface area contributed by atoms with Gasteiger partial charge in [-0.3, -0.25) is 4.79 Å². The topological polar surface area (TPSA) is 66.0 Å². The first-order valence-electron chi connectivity index (χ1n) is 5.93. The van der Waals surface area contributed by atoms with Gasteiger partial charge in [0.25, 0.3) is 0 Å². The Bertz CT molecular complexity index is 624. The fraction of sp³-hybridized carbons (Fsp3) is 0.286. The molecule has 5 heteroatoms. The number of H-pyrrole nitrogens is 1. The lowest BCUT2D eigenvalue weighted by Crippen LogP contribution is -2.01. The van der Waals surface area contributed by atoms with E-state index in [4.69, 9.17) is 5.11 Å². The molecule has 0 bridgehead atoms. The molecular weight excluding hydrogens is 308 g/mol. The van der Waals surface area contributed by atoms with Crippen LogP contribution < -0.4 is 0 Å². The molecule has 0 saturated heterocycles. The van der Waals surface area contributed by atoms with Gasteiger partial charge in [0.1, 0.15) is 10.4 Å². The van der Waals surface area contributed by atoms with Crippen molar-refractivity contribution in [3.63, 3.8) is 0 Å². The molecule has 2 N–H and O–H groups in total. The lowest BCUT2D eigenvalue weighted by Gasteiger charge is -2.08. The van der Waals surface area contributed by atoms with Crippen LogP contribution >= 0.6 is 15.9 Å². The molecule has 2 rings (SSSR count). The van der Waals surface area contributed by atoms with Crippen LogP contribution in [0, 0.1) is 20.8 Å². The van der Waals surface area contributed by atoms with Crippen LogP contribution in [0.25, 0.3) is 11.4 Å². The summed E-state index contributed by atoms with van der Waals surface area (Å²) in [4.78, 5) is 18.3. The molecule has 1 aromatic heterocycles. The summed E-state index contributed by atoms with van der Waals surface area (Å²) in [7, 11) is 0. The molecule has 0 aliphatic rings. The van der Waals surface area contributed by atoms with Crippen LogP contribution in [0.3, 0.4) is 0 Å². The predicted octanol–water partition coefficient (Wildman–Crippen LogP) is 3.39. The van der Waals surface area contributed by atoms with Gasteiger partial charge < -0.3 is 10.1 Å². The van der Waals surface area contributed by atoms with Gasteiger partial charge in [-0.25, -0.2) is 4.98 Å². The summed E-state index contributed by atoms with van der Waals surface area (Å²) in [6.45, 7) is 6.11. The Balaban J connectivity index is 2.51. The Morgan fingerprint density at radius 1 is 1.32 bits per heavy atom. The SMILES string of the molecule is Cc1cc(C)c(-c2nc(Br)c(CC(=O)O)[nH]2)c(C)c1. The zero-order valence-electron chi connectivity index (χ0n) is 11.0. The largest absolute Gasteiger partial charge is 0.481 e. The molecular formula is C14H15BrN2O2. The molecule has 100 valence electrons. The highest BCUT2D eigenvalue weighted by Crippen LogP contribution is 2.28. The van der Waals surface area contributed by atoms with Gasteiger partial charge in [0, 0.05) is 5.56 Å². The summed E-state index contributed by atoms with van der Waals surface area (Å²) in [5.74, 6) is -0.175. The van der Waals surface area contributed by atoms with E-state index in [2.05, 4.69) is 45.0 Å². The molecule has 0 aliphatic carbocycles. The molecule has 0 fully saturated rings. The maximum absolute atomic E-state index is 10.8. The maximum Gasteiger partial charge on any atom is 0.309 e. The first kappa shape index (κ1) is 13.8. The predicted molar refractivity (Wildman–Crippen MR) is 77.3 cm³/mol. The smallest absolute Gasteiger partial charge is 0.309 e. The third-order valence-corrected chi connectivity index (χ3v) is 3.63. The minimum absolute atomic E-state index is 0.0719. The van der Waals surface area contributed by atoms with Crippen LogP contribution in [0.1, 0.15) is 22.4 Å². The van der Waals surface area contributed by atoms with Gasteiger partial charge in [0.15, 0.2) is 0 Å². The second-order valence-electron chi connectivity index (χ2n) is 4.70. The number of imidazole rings is 1. The normalized spacial score (nSPS) is 10.7. The van der Waals surface area contributed by atoms with Crippen molar-refractivity contribution in [2.45, 2.75) is 27.2 Å². The summed E-state index contributed by atoms with van der Waals surface area (Å²) in [5, 5.41) is 8.85. The van der Waals surface area contributed by atoms with Gasteiger partial charge in [0.2, 0.25) is 0 Å². The number of carbonyl (C=O) groups is 1. The van der Waals surface area contributed by atoms with Gasteiger partial charge in [-0.1, -0.05) is 17.7 Å². The Morgan fingerprint density at radius 3 is 2.42 bits per heavy atom. The minimum Gasteiger partial charge on any atom is -0.481 e. The van der Waals surface area contributed by atoms with E-state index >= 15 is 0 Å². The number of nitrogens with zero attached hydrogens (tertiary/aromatic N) is 1. The van der Waals surface area contributed by atoms with Crippen molar-refractivity contribution in [2.24, 2.45) is 0 Å². The number of aromatic amines is 1. The number of hydrogen-bond acceptors (Lipinski definition) is 2. The standard InChI is InChI=1S/C14H15BrN2O2/c1-7-4-8(2)12(9(3)5-7)14-16-10(6-11(18)19)13(15)17-14/h4-5H,6H2,1-3H3,(H,16,17)(H,18,19). The van der Waals surface area contributed by atoms with E-state index in [1.807, 2.05) is 13.8 Å². The number of carboxylic acid groups (broad SMARTS) is 1. The zero-order valence-corrected chi connectivity index (χ0v) is 12.6. The minimum atomic E-state index is -0.881. The Morgan fingerprint density at radius 2 is 1.89 bits per heavy atom. The van der Waals surface area contributed by atoms with Crippen molar-refractivity contribution in [1.29, 1.82) is 0 Å². The van der Waals surface area contributed by atoms with Crippen LogP contribution in [0.2, 0.25) is 0 Å². The molecule has 0 atom stereocenters. The lowest BCUT2D eigenvalue weighted by atomic mass is 9.99. The monoisotopic (exact) mass is 322 g/mol. The van der Waals surface area contributed by atoms with Crippen LogP contribution in [0.5, 0.6) is 0 Å². The van der Waals surface area contributed by atoms with E-state index in [9.17, 15) is 4.79 Å². The van der Waals surface area contributed by atoms with Crippen LogP contribution in [-0.2, 0) is 11.2 Å². The summed E-state index contributed by atoms with van der Waals surface area (Å²) >= 11 is 3.30. The average molecular weight is 323 g/mol. The van der Waals surface area contributed by atoms with Crippen LogP contribution in [0.4, 0.5) is 0 Å². The number of benzene rings is 1. The Hall–Kier alpha value is -1.62. The van der Waals surface area contributed by atoms with Crippen molar-refractivity contribution in [3.05, 3.63) is 39.1 Å². The van der Waals surface area contributed by atoms with Crippen molar-refractivity contribution < 1.29 is 9.90 Å². The molecule has 0 amide bonds. The number of carboxylic acids is 1. The molecule has 0 aliphatic heterocycles. The number of aliphatic carboxylic acids is 1. The van der Waals surface area contributed by atoms with Gasteiger partial charge >= 0.3 is 5.97 Å². The van der Waals surface area contributed by atoms with E-state index < -0.39 is 5.97 Å². The fourth-order valence-electron chi connectivity index (χ4n) is 2.33. The van der Waals surface area contributed by atoms with Gasteiger partial charge in [-0.2, -0.15) is 0 Å². The molecule has 2 aromatic rings. The second-order valence-corrected chi connectivity index (χ2v) is 5.45. The quantitative estimate of drug-likeness (QED) is 0.910. The molecule has 19 heavy (non-hydrogen) atoms. The zero-order chi connectivity index (χ0) is 14.2. The number of halogens is 1. The molecule has 0 saturated carbocycles. The molecule has 0 spiro atoms. The van der Waals surface area contributed by atoms with Gasteiger partial charge in [0.05, 0.1) is 12.1 Å².